The maximum absolute atomic E-state index is 10.9. The average molecular weight is 205 g/mol. The van der Waals surface area contributed by atoms with Crippen molar-refractivity contribution in [2.45, 2.75) is 39.2 Å². The molecule has 1 N–H and O–H groups in total. The minimum absolute atomic E-state index is 0.164. The first-order valence-electron chi connectivity index (χ1n) is 5.60. The molecule has 1 saturated carbocycles. The van der Waals surface area contributed by atoms with E-state index in [2.05, 4.69) is 25.8 Å². The summed E-state index contributed by atoms with van der Waals surface area (Å²) in [6, 6.07) is 5.77. The van der Waals surface area contributed by atoms with Crippen molar-refractivity contribution in [1.29, 1.82) is 0 Å². The Balaban J connectivity index is 2.44. The van der Waals surface area contributed by atoms with E-state index in [1.165, 1.54) is 0 Å². The highest BCUT2D eigenvalue weighted by Crippen LogP contribution is 2.53. The molecule has 1 atom stereocenters. The van der Waals surface area contributed by atoms with Gasteiger partial charge >= 0.3 is 0 Å². The van der Waals surface area contributed by atoms with Gasteiger partial charge in [0.25, 0.3) is 0 Å². The van der Waals surface area contributed by atoms with Crippen LogP contribution >= 0.6 is 0 Å². The topological polar surface area (TPSA) is 33.1 Å². The van der Waals surface area contributed by atoms with E-state index in [0.717, 1.165) is 18.5 Å². The van der Waals surface area contributed by atoms with Gasteiger partial charge in [-0.25, -0.2) is 0 Å². The average Bonchev–Trinajstić information content (AvgIpc) is 2.99. The Morgan fingerprint density at radius 2 is 1.93 bits per heavy atom. The van der Waals surface area contributed by atoms with E-state index in [1.54, 1.807) is 6.20 Å². The quantitative estimate of drug-likeness (QED) is 0.805. The van der Waals surface area contributed by atoms with Crippen LogP contribution in [0.25, 0.3) is 0 Å². The van der Waals surface area contributed by atoms with Gasteiger partial charge in [-0.1, -0.05) is 26.8 Å². The van der Waals surface area contributed by atoms with Gasteiger partial charge in [-0.05, 0) is 36.3 Å². The molecule has 0 saturated heterocycles. The molecule has 1 aliphatic rings. The van der Waals surface area contributed by atoms with Crippen LogP contribution in [-0.4, -0.2) is 10.1 Å². The molecule has 1 unspecified atom stereocenters. The molecule has 2 heteroatoms. The van der Waals surface area contributed by atoms with Gasteiger partial charge in [-0.15, -0.1) is 0 Å². The maximum Gasteiger partial charge on any atom is 0.114 e. The smallest absolute Gasteiger partial charge is 0.114 e. The molecule has 1 aromatic heterocycles. The van der Waals surface area contributed by atoms with Crippen molar-refractivity contribution in [2.24, 2.45) is 11.3 Å². The number of aliphatic hydroxyl groups is 1. The summed E-state index contributed by atoms with van der Waals surface area (Å²) in [6.07, 6.45) is 3.99. The Bertz CT molecular complexity index is 337. The van der Waals surface area contributed by atoms with Gasteiger partial charge in [0.1, 0.15) is 5.60 Å². The molecule has 2 rings (SSSR count). The number of hydrogen-bond acceptors (Lipinski definition) is 2. The van der Waals surface area contributed by atoms with Gasteiger partial charge < -0.3 is 5.11 Å². The third-order valence-electron chi connectivity index (χ3n) is 3.37. The second kappa shape index (κ2) is 3.31. The fraction of sp³-hybridized carbons (Fsp3) is 0.615. The number of aromatic nitrogens is 1. The second-order valence-corrected chi connectivity index (χ2v) is 5.51. The molecule has 0 bridgehead atoms. The molecule has 0 spiro atoms. The lowest BCUT2D eigenvalue weighted by Crippen LogP contribution is -2.42. The van der Waals surface area contributed by atoms with Crippen molar-refractivity contribution in [3.05, 3.63) is 30.1 Å². The minimum Gasteiger partial charge on any atom is -0.383 e. The summed E-state index contributed by atoms with van der Waals surface area (Å²) in [7, 11) is 0. The molecule has 0 amide bonds. The van der Waals surface area contributed by atoms with Crippen molar-refractivity contribution in [3.8, 4) is 0 Å². The number of pyridine rings is 1. The molecule has 0 aromatic carbocycles. The zero-order chi connectivity index (χ0) is 11.1. The molecule has 1 aromatic rings. The zero-order valence-electron chi connectivity index (χ0n) is 9.70. The van der Waals surface area contributed by atoms with Crippen LogP contribution in [0.3, 0.4) is 0 Å². The minimum atomic E-state index is -0.770. The van der Waals surface area contributed by atoms with Crippen LogP contribution in [0.15, 0.2) is 24.4 Å². The molecule has 82 valence electrons. The summed E-state index contributed by atoms with van der Waals surface area (Å²) in [5, 5.41) is 10.9. The van der Waals surface area contributed by atoms with E-state index in [-0.39, 0.29) is 5.41 Å². The van der Waals surface area contributed by atoms with Gasteiger partial charge in [0.15, 0.2) is 0 Å². The Hall–Kier alpha value is -0.890. The van der Waals surface area contributed by atoms with E-state index in [1.807, 2.05) is 18.2 Å². The third-order valence-corrected chi connectivity index (χ3v) is 3.37. The summed E-state index contributed by atoms with van der Waals surface area (Å²) in [5.41, 5.74) is -0.114. The van der Waals surface area contributed by atoms with Crippen LogP contribution in [-0.2, 0) is 5.60 Å². The molecule has 0 radical (unpaired) electrons. The predicted octanol–water partition coefficient (Wildman–Crippen LogP) is 2.73. The number of hydrogen-bond donors (Lipinski definition) is 1. The lowest BCUT2D eigenvalue weighted by molar-refractivity contribution is -0.0873. The van der Waals surface area contributed by atoms with Crippen molar-refractivity contribution in [1.82, 2.24) is 4.98 Å². The highest BCUT2D eigenvalue weighted by Gasteiger charge is 2.53. The Morgan fingerprint density at radius 1 is 1.27 bits per heavy atom. The largest absolute Gasteiger partial charge is 0.383 e. The summed E-state index contributed by atoms with van der Waals surface area (Å²) in [6.45, 7) is 6.25. The van der Waals surface area contributed by atoms with Crippen molar-refractivity contribution >= 4 is 0 Å². The monoisotopic (exact) mass is 205 g/mol. The Labute approximate surface area is 91.4 Å². The second-order valence-electron chi connectivity index (χ2n) is 5.51. The summed E-state index contributed by atoms with van der Waals surface area (Å²) < 4.78 is 0. The van der Waals surface area contributed by atoms with Crippen LogP contribution in [0.1, 0.15) is 39.3 Å². The summed E-state index contributed by atoms with van der Waals surface area (Å²) in [4.78, 5) is 4.33. The van der Waals surface area contributed by atoms with Crippen LogP contribution in [0, 0.1) is 11.3 Å². The third kappa shape index (κ3) is 1.67. The van der Waals surface area contributed by atoms with E-state index in [4.69, 9.17) is 0 Å². The fourth-order valence-corrected chi connectivity index (χ4v) is 2.30. The van der Waals surface area contributed by atoms with Gasteiger partial charge in [-0.2, -0.15) is 0 Å². The molecule has 0 aliphatic heterocycles. The predicted molar refractivity (Wildman–Crippen MR) is 60.3 cm³/mol. The molecular formula is C13H19NO. The SMILES string of the molecule is CC(C)(C)C(O)(c1ccccn1)C1CC1. The van der Waals surface area contributed by atoms with Gasteiger partial charge in [0.2, 0.25) is 0 Å². The first kappa shape index (κ1) is 10.6. The lowest BCUT2D eigenvalue weighted by Gasteiger charge is -2.40. The zero-order valence-corrected chi connectivity index (χ0v) is 9.70. The fourth-order valence-electron chi connectivity index (χ4n) is 2.30. The first-order chi connectivity index (χ1) is 6.96. The maximum atomic E-state index is 10.9. The molecule has 1 aliphatic carbocycles. The van der Waals surface area contributed by atoms with Crippen LogP contribution in [0.2, 0.25) is 0 Å². The first-order valence-corrected chi connectivity index (χ1v) is 5.60. The highest BCUT2D eigenvalue weighted by molar-refractivity contribution is 5.20. The van der Waals surface area contributed by atoms with E-state index >= 15 is 0 Å². The van der Waals surface area contributed by atoms with E-state index < -0.39 is 5.60 Å². The normalized spacial score (nSPS) is 21.1. The van der Waals surface area contributed by atoms with Crippen LogP contribution in [0.5, 0.6) is 0 Å². The Kier molecular flexibility index (Phi) is 2.34. The standard InChI is InChI=1S/C13H19NO/c1-12(2,3)13(15,10-7-8-10)11-6-4-5-9-14-11/h4-6,9-10,15H,7-8H2,1-3H3. The van der Waals surface area contributed by atoms with E-state index in [9.17, 15) is 5.11 Å². The Morgan fingerprint density at radius 3 is 2.33 bits per heavy atom. The lowest BCUT2D eigenvalue weighted by atomic mass is 9.71. The van der Waals surface area contributed by atoms with Gasteiger partial charge in [0, 0.05) is 6.20 Å². The molecular weight excluding hydrogens is 186 g/mol. The van der Waals surface area contributed by atoms with Crippen molar-refractivity contribution in [3.63, 3.8) is 0 Å². The van der Waals surface area contributed by atoms with Crippen LogP contribution < -0.4 is 0 Å². The molecule has 2 nitrogen and oxygen atoms in total. The van der Waals surface area contributed by atoms with Gasteiger partial charge in [0.05, 0.1) is 5.69 Å². The summed E-state index contributed by atoms with van der Waals surface area (Å²) >= 11 is 0. The van der Waals surface area contributed by atoms with E-state index in [0.29, 0.717) is 5.92 Å². The number of rotatable bonds is 2. The summed E-state index contributed by atoms with van der Waals surface area (Å²) in [5.74, 6) is 0.382. The highest BCUT2D eigenvalue weighted by atomic mass is 16.3. The molecule has 1 fully saturated rings. The van der Waals surface area contributed by atoms with Crippen molar-refractivity contribution in [2.75, 3.05) is 0 Å². The number of nitrogens with zero attached hydrogens (tertiary/aromatic N) is 1. The molecule has 15 heavy (non-hydrogen) atoms. The molecule has 1 heterocycles. The van der Waals surface area contributed by atoms with Crippen molar-refractivity contribution < 1.29 is 5.11 Å². The van der Waals surface area contributed by atoms with Crippen LogP contribution in [0.4, 0.5) is 0 Å². The van der Waals surface area contributed by atoms with Gasteiger partial charge in [-0.3, -0.25) is 4.98 Å².